The smallest absolute Gasteiger partial charge is 0.333 e. The average Bonchev–Trinajstić information content (AvgIpc) is 3.81. The zero-order chi connectivity index (χ0) is 30.5. The van der Waals surface area contributed by atoms with Gasteiger partial charge < -0.3 is 14.0 Å². The Hall–Kier alpha value is -5.61. The predicted octanol–water partition coefficient (Wildman–Crippen LogP) is 9.20. The third-order valence-electron chi connectivity index (χ3n) is 8.61. The second kappa shape index (κ2) is 12.0. The number of para-hydroxylation sites is 5. The van der Waals surface area contributed by atoms with Crippen molar-refractivity contribution in [2.24, 2.45) is 0 Å². The molecule has 4 aromatic heterocycles. The van der Waals surface area contributed by atoms with E-state index < -0.39 is 0 Å². The van der Waals surface area contributed by atoms with Gasteiger partial charge in [-0.3, -0.25) is 4.57 Å². The molecular formula is C42H26IrN4+. The minimum atomic E-state index is 0. The molecule has 0 aliphatic carbocycles. The molecule has 0 aliphatic heterocycles. The van der Waals surface area contributed by atoms with Gasteiger partial charge in [-0.05, 0) is 35.6 Å². The van der Waals surface area contributed by atoms with Crippen LogP contribution < -0.4 is 4.57 Å². The number of benzene rings is 6. The Morgan fingerprint density at radius 1 is 0.553 bits per heavy atom. The first-order valence-electron chi connectivity index (χ1n) is 15.3. The summed E-state index contributed by atoms with van der Waals surface area (Å²) in [5.41, 5.74) is 10.0. The Kier molecular flexibility index (Phi) is 7.34. The largest absolute Gasteiger partial charge is 3.00 e. The monoisotopic (exact) mass is 779 g/mol. The van der Waals surface area contributed by atoms with Crippen molar-refractivity contribution in [2.75, 3.05) is 0 Å². The molecule has 0 radical (unpaired) electrons. The first kappa shape index (κ1) is 28.8. The van der Waals surface area contributed by atoms with E-state index in [-0.39, 0.29) is 20.1 Å². The molecule has 4 heterocycles. The van der Waals surface area contributed by atoms with Gasteiger partial charge in [0.15, 0.2) is 0 Å². The van der Waals surface area contributed by atoms with Crippen molar-refractivity contribution in [3.05, 3.63) is 176 Å². The van der Waals surface area contributed by atoms with E-state index in [1.165, 1.54) is 38.1 Å². The molecule has 0 amide bonds. The van der Waals surface area contributed by atoms with Gasteiger partial charge in [0.25, 0.3) is 6.33 Å². The van der Waals surface area contributed by atoms with Crippen molar-refractivity contribution in [3.8, 4) is 22.6 Å². The van der Waals surface area contributed by atoms with Crippen LogP contribution in [0.3, 0.4) is 0 Å². The Labute approximate surface area is 285 Å². The standard InChI is InChI=1S/C31H18N3.C11H8N.Ir/c1-2-10-21(11-3-1)32-20-33(27-17-7-6-16-26(27)32)28-18-9-19-29-30(28)24-14-8-13-23-22-12-4-5-15-25(22)34(29)31(23)24;1-2-6-10(7-3-1)11-8-4-5-9-12-11;/h1-17,19H;1-6,8-9H;/q2*-1;+3. The molecule has 0 saturated carbocycles. The molecule has 5 heteroatoms. The van der Waals surface area contributed by atoms with Gasteiger partial charge >= 0.3 is 20.1 Å². The van der Waals surface area contributed by atoms with Crippen LogP contribution in [-0.4, -0.2) is 14.0 Å². The van der Waals surface area contributed by atoms with Crippen LogP contribution in [0.25, 0.3) is 71.8 Å². The summed E-state index contributed by atoms with van der Waals surface area (Å²) in [6.07, 6.45) is 5.42. The van der Waals surface area contributed by atoms with Crippen molar-refractivity contribution >= 4 is 49.1 Å². The number of fused-ring (bicyclic) bond motifs is 7. The molecule has 0 unspecified atom stereocenters. The molecule has 6 aromatic carbocycles. The molecule has 0 fully saturated rings. The molecule has 0 atom stereocenters. The summed E-state index contributed by atoms with van der Waals surface area (Å²) < 4.78 is 6.70. The second-order valence-corrected chi connectivity index (χ2v) is 11.2. The van der Waals surface area contributed by atoms with Gasteiger partial charge in [0.1, 0.15) is 0 Å². The zero-order valence-corrected chi connectivity index (χ0v) is 27.5. The maximum Gasteiger partial charge on any atom is 3.00 e. The van der Waals surface area contributed by atoms with E-state index in [1.807, 2.05) is 54.6 Å². The fraction of sp³-hybridized carbons (Fsp3) is 0. The van der Waals surface area contributed by atoms with Crippen molar-refractivity contribution < 1.29 is 24.7 Å². The van der Waals surface area contributed by atoms with Crippen LogP contribution in [-0.2, 0) is 20.1 Å². The van der Waals surface area contributed by atoms with Crippen LogP contribution in [0.2, 0.25) is 0 Å². The van der Waals surface area contributed by atoms with E-state index in [1.54, 1.807) is 6.20 Å². The second-order valence-electron chi connectivity index (χ2n) is 11.2. The van der Waals surface area contributed by atoms with E-state index in [0.29, 0.717) is 0 Å². The number of hydrogen-bond acceptors (Lipinski definition) is 1. The van der Waals surface area contributed by atoms with Crippen LogP contribution >= 0.6 is 0 Å². The van der Waals surface area contributed by atoms with E-state index in [0.717, 1.165) is 33.7 Å². The van der Waals surface area contributed by atoms with Crippen LogP contribution in [0, 0.1) is 18.5 Å². The number of pyridine rings is 1. The predicted molar refractivity (Wildman–Crippen MR) is 186 cm³/mol. The average molecular weight is 779 g/mol. The van der Waals surface area contributed by atoms with Gasteiger partial charge in [0.2, 0.25) is 0 Å². The molecule has 4 nitrogen and oxygen atoms in total. The fourth-order valence-corrected chi connectivity index (χ4v) is 6.64. The number of imidazole rings is 1. The zero-order valence-electron chi connectivity index (χ0n) is 25.1. The van der Waals surface area contributed by atoms with Crippen molar-refractivity contribution in [3.63, 3.8) is 0 Å². The number of rotatable bonds is 3. The van der Waals surface area contributed by atoms with Gasteiger partial charge in [-0.1, -0.05) is 107 Å². The van der Waals surface area contributed by atoms with Gasteiger partial charge in [-0.15, -0.1) is 42.0 Å². The third kappa shape index (κ3) is 4.71. The number of nitrogens with zero attached hydrogens (tertiary/aromatic N) is 4. The number of aromatic nitrogens is 4. The first-order chi connectivity index (χ1) is 22.9. The molecular weight excluding hydrogens is 753 g/mol. The summed E-state index contributed by atoms with van der Waals surface area (Å²) in [5.74, 6) is 0. The third-order valence-corrected chi connectivity index (χ3v) is 8.61. The van der Waals surface area contributed by atoms with Gasteiger partial charge in [0.05, 0.1) is 22.2 Å². The minimum absolute atomic E-state index is 0. The summed E-state index contributed by atoms with van der Waals surface area (Å²) in [6, 6.07) is 58.8. The summed E-state index contributed by atoms with van der Waals surface area (Å²) >= 11 is 0. The Morgan fingerprint density at radius 2 is 1.30 bits per heavy atom. The maximum atomic E-state index is 4.22. The SMILES string of the molecule is [Ir+3].[c-]1ccc2c(c1-n1[c-][n+](-c3ccccc3)c3ccccc31)c1cccc3c4ccccc4n2c31.[c-]1ccccc1-c1ccccn1. The Morgan fingerprint density at radius 3 is 2.13 bits per heavy atom. The molecule has 222 valence electrons. The normalized spacial score (nSPS) is 11.2. The van der Waals surface area contributed by atoms with E-state index in [2.05, 4.69) is 134 Å². The van der Waals surface area contributed by atoms with Crippen LogP contribution in [0.4, 0.5) is 0 Å². The van der Waals surface area contributed by atoms with Crippen LogP contribution in [0.15, 0.2) is 158 Å². The van der Waals surface area contributed by atoms with Crippen molar-refractivity contribution in [1.82, 2.24) is 14.0 Å². The molecule has 0 N–H and O–H groups in total. The molecule has 47 heavy (non-hydrogen) atoms. The molecule has 0 saturated heterocycles. The van der Waals surface area contributed by atoms with Crippen molar-refractivity contribution in [1.29, 1.82) is 0 Å². The molecule has 10 rings (SSSR count). The van der Waals surface area contributed by atoms with Crippen LogP contribution in [0.1, 0.15) is 0 Å². The van der Waals surface area contributed by atoms with E-state index >= 15 is 0 Å². The van der Waals surface area contributed by atoms with E-state index in [9.17, 15) is 0 Å². The van der Waals surface area contributed by atoms with Gasteiger partial charge in [-0.2, -0.15) is 12.1 Å². The Balaban J connectivity index is 0.000000212. The summed E-state index contributed by atoms with van der Waals surface area (Å²) in [6.45, 7) is 0. The van der Waals surface area contributed by atoms with Gasteiger partial charge in [0, 0.05) is 22.5 Å². The minimum Gasteiger partial charge on any atom is -0.333 e. The topological polar surface area (TPSA) is 26.1 Å². The van der Waals surface area contributed by atoms with Crippen molar-refractivity contribution in [2.45, 2.75) is 0 Å². The fourth-order valence-electron chi connectivity index (χ4n) is 6.64. The van der Waals surface area contributed by atoms with E-state index in [4.69, 9.17) is 0 Å². The van der Waals surface area contributed by atoms with Gasteiger partial charge in [-0.25, -0.2) is 0 Å². The molecule has 0 bridgehead atoms. The molecule has 0 aliphatic rings. The first-order valence-corrected chi connectivity index (χ1v) is 15.3. The maximum absolute atomic E-state index is 4.22. The Bertz CT molecular complexity index is 2590. The summed E-state index contributed by atoms with van der Waals surface area (Å²) in [7, 11) is 0. The van der Waals surface area contributed by atoms with Crippen LogP contribution in [0.5, 0.6) is 0 Å². The molecule has 0 spiro atoms. The summed E-state index contributed by atoms with van der Waals surface area (Å²) in [4.78, 5) is 4.22. The molecule has 10 aromatic rings. The quantitative estimate of drug-likeness (QED) is 0.130. The summed E-state index contributed by atoms with van der Waals surface area (Å²) in [5, 5.41) is 5.02. The number of hydrogen-bond donors (Lipinski definition) is 0.